The molecule has 0 aliphatic heterocycles. The summed E-state index contributed by atoms with van der Waals surface area (Å²) in [4.78, 5) is 27.4. The Hall–Kier alpha value is -2.11. The number of rotatable bonds is 7. The Kier molecular flexibility index (Phi) is 4.92. The number of anilines is 1. The fraction of sp³-hybridized carbons (Fsp3) is 0.500. The first kappa shape index (κ1) is 14.3. The third-order valence-corrected chi connectivity index (χ3v) is 3.14. The minimum atomic E-state index is -0.176. The topological polar surface area (TPSA) is 83.1 Å². The van der Waals surface area contributed by atoms with E-state index in [0.29, 0.717) is 31.0 Å². The fourth-order valence-corrected chi connectivity index (χ4v) is 1.87. The summed E-state index contributed by atoms with van der Waals surface area (Å²) in [5.74, 6) is -0.107. The Morgan fingerprint density at radius 1 is 1.40 bits per heavy atom. The van der Waals surface area contributed by atoms with Gasteiger partial charge in [0.1, 0.15) is 0 Å². The molecule has 20 heavy (non-hydrogen) atoms. The van der Waals surface area contributed by atoms with E-state index in [2.05, 4.69) is 20.9 Å². The first-order valence-electron chi connectivity index (χ1n) is 6.90. The van der Waals surface area contributed by atoms with E-state index in [1.807, 2.05) is 0 Å². The van der Waals surface area contributed by atoms with Crippen molar-refractivity contribution in [3.63, 3.8) is 0 Å². The zero-order valence-electron chi connectivity index (χ0n) is 11.6. The lowest BCUT2D eigenvalue weighted by molar-refractivity contribution is -0.121. The van der Waals surface area contributed by atoms with Crippen LogP contribution < -0.4 is 16.0 Å². The van der Waals surface area contributed by atoms with Crippen LogP contribution >= 0.6 is 0 Å². The largest absolute Gasteiger partial charge is 0.387 e. The summed E-state index contributed by atoms with van der Waals surface area (Å²) < 4.78 is 0. The van der Waals surface area contributed by atoms with E-state index >= 15 is 0 Å². The summed E-state index contributed by atoms with van der Waals surface area (Å²) in [7, 11) is 1.76. The third-order valence-electron chi connectivity index (χ3n) is 3.14. The van der Waals surface area contributed by atoms with Crippen LogP contribution in [-0.4, -0.2) is 36.4 Å². The highest BCUT2D eigenvalue weighted by molar-refractivity contribution is 5.99. The molecule has 6 nitrogen and oxygen atoms in total. The highest BCUT2D eigenvalue weighted by Gasteiger charge is 2.22. The number of hydrogen-bond donors (Lipinski definition) is 3. The van der Waals surface area contributed by atoms with Crippen LogP contribution in [-0.2, 0) is 4.79 Å². The van der Waals surface area contributed by atoms with Crippen LogP contribution in [0.2, 0.25) is 0 Å². The number of amides is 2. The Labute approximate surface area is 118 Å². The summed E-state index contributed by atoms with van der Waals surface area (Å²) in [6, 6.07) is 2.14. The first-order valence-corrected chi connectivity index (χ1v) is 6.90. The molecule has 0 bridgehead atoms. The molecular weight excluding hydrogens is 256 g/mol. The van der Waals surface area contributed by atoms with Crippen molar-refractivity contribution in [1.82, 2.24) is 15.6 Å². The molecule has 1 aliphatic rings. The summed E-state index contributed by atoms with van der Waals surface area (Å²) in [5, 5.41) is 8.67. The molecule has 0 aromatic carbocycles. The molecule has 1 saturated carbocycles. The highest BCUT2D eigenvalue weighted by Crippen LogP contribution is 2.18. The molecule has 0 unspecified atom stereocenters. The lowest BCUT2D eigenvalue weighted by Crippen LogP contribution is -2.28. The van der Waals surface area contributed by atoms with Gasteiger partial charge in [-0.15, -0.1) is 0 Å². The van der Waals surface area contributed by atoms with E-state index in [4.69, 9.17) is 0 Å². The number of hydrogen-bond acceptors (Lipinski definition) is 4. The van der Waals surface area contributed by atoms with Crippen molar-refractivity contribution in [2.45, 2.75) is 31.7 Å². The molecule has 1 fully saturated rings. The Bertz CT molecular complexity index is 486. The Balaban J connectivity index is 1.70. The molecule has 2 rings (SSSR count). The number of nitrogens with one attached hydrogen (secondary N) is 3. The molecule has 108 valence electrons. The van der Waals surface area contributed by atoms with Gasteiger partial charge in [-0.05, 0) is 25.3 Å². The van der Waals surface area contributed by atoms with E-state index in [9.17, 15) is 9.59 Å². The molecule has 1 aromatic heterocycles. The van der Waals surface area contributed by atoms with Gasteiger partial charge in [-0.3, -0.25) is 14.6 Å². The number of carbonyl (C=O) groups excluding carboxylic acids is 2. The minimum Gasteiger partial charge on any atom is -0.387 e. The van der Waals surface area contributed by atoms with E-state index in [0.717, 1.165) is 18.5 Å². The predicted molar refractivity (Wildman–Crippen MR) is 76.5 cm³/mol. The normalized spacial score (nSPS) is 13.7. The second-order valence-corrected chi connectivity index (χ2v) is 4.87. The zero-order valence-corrected chi connectivity index (χ0v) is 11.6. The summed E-state index contributed by atoms with van der Waals surface area (Å²) in [5.41, 5.74) is 1.25. The van der Waals surface area contributed by atoms with Gasteiger partial charge in [0.05, 0.1) is 5.56 Å². The van der Waals surface area contributed by atoms with Crippen molar-refractivity contribution < 1.29 is 9.59 Å². The maximum absolute atomic E-state index is 12.0. The summed E-state index contributed by atoms with van der Waals surface area (Å²) in [6.07, 6.45) is 6.43. The van der Waals surface area contributed by atoms with Gasteiger partial charge in [0.15, 0.2) is 0 Å². The van der Waals surface area contributed by atoms with Gasteiger partial charge in [0.2, 0.25) is 5.91 Å². The average molecular weight is 276 g/mol. The van der Waals surface area contributed by atoms with Crippen LogP contribution in [0.3, 0.4) is 0 Å². The molecular formula is C14H20N4O2. The second kappa shape index (κ2) is 6.88. The molecule has 2 amide bonds. The maximum Gasteiger partial charge on any atom is 0.254 e. The molecule has 0 atom stereocenters. The van der Waals surface area contributed by atoms with Gasteiger partial charge in [0.25, 0.3) is 5.91 Å². The van der Waals surface area contributed by atoms with Crippen LogP contribution in [0, 0.1) is 0 Å². The van der Waals surface area contributed by atoms with Crippen molar-refractivity contribution in [3.8, 4) is 0 Å². The van der Waals surface area contributed by atoms with E-state index in [-0.39, 0.29) is 11.8 Å². The van der Waals surface area contributed by atoms with Gasteiger partial charge in [-0.2, -0.15) is 0 Å². The second-order valence-electron chi connectivity index (χ2n) is 4.87. The quantitative estimate of drug-likeness (QED) is 0.646. The van der Waals surface area contributed by atoms with Gasteiger partial charge in [-0.25, -0.2) is 0 Å². The number of nitrogens with zero attached hydrogens (tertiary/aromatic N) is 1. The van der Waals surface area contributed by atoms with Crippen LogP contribution in [0.15, 0.2) is 18.5 Å². The molecule has 3 N–H and O–H groups in total. The molecule has 1 aromatic rings. The lowest BCUT2D eigenvalue weighted by atomic mass is 10.2. The summed E-state index contributed by atoms with van der Waals surface area (Å²) >= 11 is 0. The zero-order chi connectivity index (χ0) is 14.4. The standard InChI is InChI=1S/C14H20N4O2/c1-15-12-6-8-16-9-11(12)14(20)17-7-2-3-13(19)18-10-4-5-10/h6,8-10H,2-5,7H2,1H3,(H,15,16)(H,17,20)(H,18,19). The van der Waals surface area contributed by atoms with E-state index in [1.54, 1.807) is 19.3 Å². The van der Waals surface area contributed by atoms with Gasteiger partial charge in [0, 0.05) is 44.1 Å². The highest BCUT2D eigenvalue weighted by atomic mass is 16.2. The number of aromatic nitrogens is 1. The minimum absolute atomic E-state index is 0.0686. The molecule has 1 heterocycles. The fourth-order valence-electron chi connectivity index (χ4n) is 1.87. The Morgan fingerprint density at radius 3 is 2.90 bits per heavy atom. The lowest BCUT2D eigenvalue weighted by Gasteiger charge is -2.09. The van der Waals surface area contributed by atoms with Gasteiger partial charge < -0.3 is 16.0 Å². The molecule has 0 spiro atoms. The van der Waals surface area contributed by atoms with Crippen molar-refractivity contribution in [1.29, 1.82) is 0 Å². The number of pyridine rings is 1. The third kappa shape index (κ3) is 4.22. The maximum atomic E-state index is 12.0. The molecule has 0 saturated heterocycles. The first-order chi connectivity index (χ1) is 9.70. The van der Waals surface area contributed by atoms with Crippen LogP contribution in [0.25, 0.3) is 0 Å². The molecule has 6 heteroatoms. The van der Waals surface area contributed by atoms with E-state index in [1.165, 1.54) is 6.20 Å². The number of carbonyl (C=O) groups is 2. The van der Waals surface area contributed by atoms with Crippen molar-refractivity contribution in [2.75, 3.05) is 18.9 Å². The predicted octanol–water partition coefficient (Wildman–Crippen LogP) is 0.912. The summed E-state index contributed by atoms with van der Waals surface area (Å²) in [6.45, 7) is 0.481. The van der Waals surface area contributed by atoms with E-state index < -0.39 is 0 Å². The molecule has 1 aliphatic carbocycles. The molecule has 0 radical (unpaired) electrons. The van der Waals surface area contributed by atoms with Crippen LogP contribution in [0.5, 0.6) is 0 Å². The van der Waals surface area contributed by atoms with Gasteiger partial charge >= 0.3 is 0 Å². The SMILES string of the molecule is CNc1ccncc1C(=O)NCCCC(=O)NC1CC1. The monoisotopic (exact) mass is 276 g/mol. The van der Waals surface area contributed by atoms with Crippen LogP contribution in [0.4, 0.5) is 5.69 Å². The van der Waals surface area contributed by atoms with Crippen molar-refractivity contribution in [3.05, 3.63) is 24.0 Å². The van der Waals surface area contributed by atoms with Crippen molar-refractivity contribution >= 4 is 17.5 Å². The van der Waals surface area contributed by atoms with Gasteiger partial charge in [-0.1, -0.05) is 0 Å². The average Bonchev–Trinajstić information content (AvgIpc) is 3.27. The van der Waals surface area contributed by atoms with Crippen molar-refractivity contribution in [2.24, 2.45) is 0 Å². The Morgan fingerprint density at radius 2 is 2.20 bits per heavy atom. The smallest absolute Gasteiger partial charge is 0.254 e. The van der Waals surface area contributed by atoms with Crippen LogP contribution in [0.1, 0.15) is 36.0 Å².